The first-order valence-corrected chi connectivity index (χ1v) is 8.21. The highest BCUT2D eigenvalue weighted by molar-refractivity contribution is 7.87. The predicted molar refractivity (Wildman–Crippen MR) is 76.8 cm³/mol. The molecule has 0 saturated carbocycles. The molecule has 0 aliphatic heterocycles. The first kappa shape index (κ1) is 15.5. The molecule has 2 rings (SSSR count). The summed E-state index contributed by atoms with van der Waals surface area (Å²) in [6.45, 7) is 1.85. The van der Waals surface area contributed by atoms with Crippen LogP contribution in [-0.4, -0.2) is 17.2 Å². The van der Waals surface area contributed by atoms with Gasteiger partial charge in [-0.05, 0) is 43.3 Å². The van der Waals surface area contributed by atoms with Gasteiger partial charge in [-0.25, -0.2) is 0 Å². The summed E-state index contributed by atoms with van der Waals surface area (Å²) in [6, 6.07) is 11.6. The molecule has 0 aliphatic carbocycles. The van der Waals surface area contributed by atoms with Crippen molar-refractivity contribution < 1.29 is 25.5 Å². The SMILES string of the molecule is Cc1ccc(S(=O)(=O)Oc2ccc(OS(=O)O)cc2)cc1. The third kappa shape index (κ3) is 4.28. The van der Waals surface area contributed by atoms with Crippen LogP contribution in [0.1, 0.15) is 5.56 Å². The Balaban J connectivity index is 2.16. The lowest BCUT2D eigenvalue weighted by Gasteiger charge is -2.07. The molecule has 0 radical (unpaired) electrons. The van der Waals surface area contributed by atoms with E-state index < -0.39 is 21.5 Å². The number of aryl methyl sites for hydroxylation is 1. The second-order valence-electron chi connectivity index (χ2n) is 4.12. The highest BCUT2D eigenvalue weighted by atomic mass is 32.2. The molecule has 21 heavy (non-hydrogen) atoms. The molecule has 0 aromatic heterocycles. The van der Waals surface area contributed by atoms with Crippen molar-refractivity contribution in [1.29, 1.82) is 0 Å². The zero-order chi connectivity index (χ0) is 15.5. The van der Waals surface area contributed by atoms with E-state index in [1.807, 2.05) is 6.92 Å². The molecule has 2 aromatic carbocycles. The maximum atomic E-state index is 12.0. The van der Waals surface area contributed by atoms with Gasteiger partial charge >= 0.3 is 21.5 Å². The van der Waals surface area contributed by atoms with Crippen LogP contribution in [0.3, 0.4) is 0 Å². The Morgan fingerprint density at radius 2 is 1.48 bits per heavy atom. The molecule has 2 aromatic rings. The monoisotopic (exact) mass is 328 g/mol. The topological polar surface area (TPSA) is 89.9 Å². The Hall–Kier alpha value is -1.90. The summed E-state index contributed by atoms with van der Waals surface area (Å²) < 4.78 is 52.6. The van der Waals surface area contributed by atoms with Crippen molar-refractivity contribution in [3.05, 3.63) is 54.1 Å². The third-order valence-electron chi connectivity index (χ3n) is 2.51. The molecule has 0 amide bonds. The Labute approximate surface area is 125 Å². The van der Waals surface area contributed by atoms with E-state index in [0.717, 1.165) is 5.56 Å². The van der Waals surface area contributed by atoms with E-state index in [4.69, 9.17) is 8.74 Å². The van der Waals surface area contributed by atoms with Crippen LogP contribution >= 0.6 is 0 Å². The molecule has 0 aliphatic rings. The van der Waals surface area contributed by atoms with Gasteiger partial charge in [-0.3, -0.25) is 4.55 Å². The van der Waals surface area contributed by atoms with Crippen LogP contribution in [0.25, 0.3) is 0 Å². The van der Waals surface area contributed by atoms with Crippen LogP contribution in [0.2, 0.25) is 0 Å². The normalized spacial score (nSPS) is 12.7. The number of hydrogen-bond donors (Lipinski definition) is 1. The van der Waals surface area contributed by atoms with Gasteiger partial charge < -0.3 is 8.37 Å². The first-order chi connectivity index (χ1) is 9.87. The lowest BCUT2D eigenvalue weighted by atomic mass is 10.2. The summed E-state index contributed by atoms with van der Waals surface area (Å²) in [6.07, 6.45) is 0. The number of rotatable bonds is 5. The van der Waals surface area contributed by atoms with Crippen molar-refractivity contribution in [2.75, 3.05) is 0 Å². The average molecular weight is 328 g/mol. The molecular weight excluding hydrogens is 316 g/mol. The summed E-state index contributed by atoms with van der Waals surface area (Å²) in [5.41, 5.74) is 0.937. The van der Waals surface area contributed by atoms with E-state index >= 15 is 0 Å². The fourth-order valence-corrected chi connectivity index (χ4v) is 2.72. The average Bonchev–Trinajstić information content (AvgIpc) is 2.40. The van der Waals surface area contributed by atoms with E-state index in [-0.39, 0.29) is 16.4 Å². The molecule has 6 nitrogen and oxygen atoms in total. The van der Waals surface area contributed by atoms with Gasteiger partial charge in [-0.15, -0.1) is 0 Å². The minimum atomic E-state index is -3.92. The lowest BCUT2D eigenvalue weighted by molar-refractivity contribution is 0.456. The first-order valence-electron chi connectivity index (χ1n) is 5.77. The zero-order valence-electron chi connectivity index (χ0n) is 10.9. The Kier molecular flexibility index (Phi) is 4.61. The quantitative estimate of drug-likeness (QED) is 0.669. The molecule has 0 heterocycles. The smallest absolute Gasteiger partial charge is 0.357 e. The van der Waals surface area contributed by atoms with Crippen molar-refractivity contribution >= 4 is 21.5 Å². The predicted octanol–water partition coefficient (Wildman–Crippen LogP) is 2.28. The van der Waals surface area contributed by atoms with Crippen LogP contribution < -0.4 is 8.37 Å². The summed E-state index contributed by atoms with van der Waals surface area (Å²) in [4.78, 5) is 0.0462. The van der Waals surface area contributed by atoms with Gasteiger partial charge in [0.25, 0.3) is 0 Å². The van der Waals surface area contributed by atoms with Gasteiger partial charge in [0, 0.05) is 0 Å². The summed E-state index contributed by atoms with van der Waals surface area (Å²) in [5, 5.41) is 0. The van der Waals surface area contributed by atoms with E-state index in [2.05, 4.69) is 4.18 Å². The molecule has 0 fully saturated rings. The van der Waals surface area contributed by atoms with Crippen LogP contribution in [-0.2, 0) is 21.5 Å². The van der Waals surface area contributed by atoms with Gasteiger partial charge in [0.15, 0.2) is 0 Å². The molecule has 112 valence electrons. The standard InChI is InChI=1S/C13H12O6S2/c1-10-2-8-13(9-3-10)21(16,17)19-12-6-4-11(5-7-12)18-20(14)15/h2-9H,1H3,(H,14,15). The maximum absolute atomic E-state index is 12.0. The Morgan fingerprint density at radius 1 is 0.952 bits per heavy atom. The van der Waals surface area contributed by atoms with Crippen LogP contribution in [0.4, 0.5) is 0 Å². The largest absolute Gasteiger partial charge is 0.380 e. The molecule has 1 N–H and O–H groups in total. The molecule has 1 atom stereocenters. The second kappa shape index (κ2) is 6.25. The van der Waals surface area contributed by atoms with E-state index in [9.17, 15) is 12.6 Å². The number of hydrogen-bond acceptors (Lipinski definition) is 5. The minimum Gasteiger partial charge on any atom is -0.380 e. The summed E-state index contributed by atoms with van der Waals surface area (Å²) in [5.74, 6) is 0.197. The highest BCUT2D eigenvalue weighted by Gasteiger charge is 2.16. The van der Waals surface area contributed by atoms with Crippen molar-refractivity contribution in [2.24, 2.45) is 0 Å². The Bertz CT molecular complexity index is 735. The minimum absolute atomic E-state index is 0.0462. The van der Waals surface area contributed by atoms with Crippen LogP contribution in [0, 0.1) is 6.92 Å². The lowest BCUT2D eigenvalue weighted by Crippen LogP contribution is -2.09. The van der Waals surface area contributed by atoms with Crippen LogP contribution in [0.15, 0.2) is 53.4 Å². The fourth-order valence-electron chi connectivity index (χ4n) is 1.51. The summed E-state index contributed by atoms with van der Waals surface area (Å²) in [7, 11) is -3.92. The molecular formula is C13H12O6S2. The van der Waals surface area contributed by atoms with Crippen molar-refractivity contribution in [3.8, 4) is 11.5 Å². The van der Waals surface area contributed by atoms with Gasteiger partial charge in [0.05, 0.1) is 0 Å². The zero-order valence-corrected chi connectivity index (χ0v) is 12.6. The van der Waals surface area contributed by atoms with E-state index in [0.29, 0.717) is 0 Å². The Morgan fingerprint density at radius 3 is 2.00 bits per heavy atom. The van der Waals surface area contributed by atoms with Gasteiger partial charge in [0.2, 0.25) is 0 Å². The third-order valence-corrected chi connectivity index (χ3v) is 4.10. The van der Waals surface area contributed by atoms with Gasteiger partial charge in [0.1, 0.15) is 16.4 Å². The molecule has 8 heteroatoms. The maximum Gasteiger partial charge on any atom is 0.357 e. The molecule has 0 spiro atoms. The number of benzene rings is 2. The molecule has 0 saturated heterocycles. The second-order valence-corrected chi connectivity index (χ2v) is 6.27. The van der Waals surface area contributed by atoms with Crippen LogP contribution in [0.5, 0.6) is 11.5 Å². The van der Waals surface area contributed by atoms with Crippen molar-refractivity contribution in [3.63, 3.8) is 0 Å². The van der Waals surface area contributed by atoms with E-state index in [1.165, 1.54) is 36.4 Å². The van der Waals surface area contributed by atoms with Gasteiger partial charge in [-0.2, -0.15) is 12.6 Å². The molecule has 0 bridgehead atoms. The van der Waals surface area contributed by atoms with Crippen molar-refractivity contribution in [1.82, 2.24) is 0 Å². The summed E-state index contributed by atoms with van der Waals surface area (Å²) >= 11 is -2.43. The van der Waals surface area contributed by atoms with Gasteiger partial charge in [-0.1, -0.05) is 17.7 Å². The fraction of sp³-hybridized carbons (Fsp3) is 0.0769. The van der Waals surface area contributed by atoms with E-state index in [1.54, 1.807) is 12.1 Å². The van der Waals surface area contributed by atoms with Crippen molar-refractivity contribution in [2.45, 2.75) is 11.8 Å². The highest BCUT2D eigenvalue weighted by Crippen LogP contribution is 2.22. The molecule has 1 unspecified atom stereocenters.